The SMILES string of the molecule is COc1ccc2c(c1CNC(=O)[C@H](CCCN=C(NC(=O)OCc1ccccc1)NC(=O)OCc1ccccc1)NC(=O)OCc1ccccc1)Oc1c(ccc(OC)c1CC(=O)OCc1ccccc1)C2(C)C. The number of methoxy groups -OCH3 is 2. The largest absolute Gasteiger partial charge is 0.496 e. The van der Waals surface area contributed by atoms with Crippen molar-refractivity contribution in [3.05, 3.63) is 190 Å². The molecule has 0 spiro atoms. The van der Waals surface area contributed by atoms with E-state index in [1.54, 1.807) is 48.5 Å². The Hall–Kier alpha value is -8.86. The van der Waals surface area contributed by atoms with Crippen LogP contribution in [0.25, 0.3) is 0 Å². The highest BCUT2D eigenvalue weighted by Gasteiger charge is 2.39. The Balaban J connectivity index is 1.08. The Labute approximate surface area is 429 Å². The van der Waals surface area contributed by atoms with Crippen LogP contribution >= 0.6 is 0 Å². The number of amides is 4. The van der Waals surface area contributed by atoms with Crippen LogP contribution in [0.2, 0.25) is 0 Å². The van der Waals surface area contributed by atoms with E-state index in [1.807, 2.05) is 111 Å². The van der Waals surface area contributed by atoms with Crippen molar-refractivity contribution in [2.24, 2.45) is 4.99 Å². The average molecular weight is 1010 g/mol. The van der Waals surface area contributed by atoms with Gasteiger partial charge in [-0.15, -0.1) is 0 Å². The first kappa shape index (κ1) is 53.0. The van der Waals surface area contributed by atoms with E-state index in [-0.39, 0.29) is 64.7 Å². The molecule has 0 aliphatic carbocycles. The van der Waals surface area contributed by atoms with Gasteiger partial charge in [-0.3, -0.25) is 25.2 Å². The number of esters is 1. The van der Waals surface area contributed by atoms with Crippen LogP contribution in [0.15, 0.2) is 151 Å². The second-order valence-electron chi connectivity index (χ2n) is 17.5. The smallest absolute Gasteiger partial charge is 0.414 e. The van der Waals surface area contributed by atoms with Crippen LogP contribution in [-0.4, -0.2) is 62.9 Å². The molecule has 0 fully saturated rings. The van der Waals surface area contributed by atoms with Crippen LogP contribution in [-0.2, 0) is 73.3 Å². The third-order valence-corrected chi connectivity index (χ3v) is 12.0. The number of carbonyl (C=O) groups is 5. The Morgan fingerprint density at radius 1 is 0.554 bits per heavy atom. The van der Waals surface area contributed by atoms with Crippen LogP contribution in [0.1, 0.15) is 71.2 Å². The van der Waals surface area contributed by atoms with Gasteiger partial charge < -0.3 is 43.8 Å². The lowest BCUT2D eigenvalue weighted by atomic mass is 9.74. The summed E-state index contributed by atoms with van der Waals surface area (Å²) in [6, 6.07) is 42.8. The van der Waals surface area contributed by atoms with Gasteiger partial charge >= 0.3 is 24.2 Å². The summed E-state index contributed by atoms with van der Waals surface area (Å²) in [5, 5.41) is 10.6. The van der Waals surface area contributed by atoms with Crippen molar-refractivity contribution < 1.29 is 57.1 Å². The highest BCUT2D eigenvalue weighted by molar-refractivity contribution is 6.01. The second-order valence-corrected chi connectivity index (χ2v) is 17.5. The van der Waals surface area contributed by atoms with Gasteiger partial charge in [0.1, 0.15) is 55.5 Å². The van der Waals surface area contributed by atoms with E-state index in [9.17, 15) is 24.0 Å². The number of aliphatic imine (C=N–C) groups is 1. The minimum absolute atomic E-state index is 0.0322. The summed E-state index contributed by atoms with van der Waals surface area (Å²) in [5.41, 5.74) is 4.98. The molecule has 6 aromatic carbocycles. The zero-order chi connectivity index (χ0) is 52.3. The number of nitrogens with one attached hydrogen (secondary N) is 4. The van der Waals surface area contributed by atoms with Gasteiger partial charge in [0.15, 0.2) is 0 Å². The molecular formula is C57H59N5O12. The summed E-state index contributed by atoms with van der Waals surface area (Å²) >= 11 is 0. The number of alkyl carbamates (subject to hydrolysis) is 3. The first-order valence-electron chi connectivity index (χ1n) is 23.9. The summed E-state index contributed by atoms with van der Waals surface area (Å²) < 4.78 is 40.3. The monoisotopic (exact) mass is 1010 g/mol. The third kappa shape index (κ3) is 14.6. The molecule has 74 heavy (non-hydrogen) atoms. The van der Waals surface area contributed by atoms with E-state index in [2.05, 4.69) is 26.3 Å². The molecule has 4 amide bonds. The molecule has 4 N–H and O–H groups in total. The van der Waals surface area contributed by atoms with Gasteiger partial charge in [-0.25, -0.2) is 14.4 Å². The maximum absolute atomic E-state index is 14.3. The number of hydrogen-bond donors (Lipinski definition) is 4. The normalized spacial score (nSPS) is 12.2. The van der Waals surface area contributed by atoms with E-state index in [1.165, 1.54) is 14.2 Å². The van der Waals surface area contributed by atoms with Gasteiger partial charge in [0.05, 0.1) is 32.7 Å². The van der Waals surface area contributed by atoms with Crippen LogP contribution in [0.3, 0.4) is 0 Å². The van der Waals surface area contributed by atoms with Crippen LogP contribution in [0.5, 0.6) is 23.0 Å². The molecule has 1 aliphatic rings. The lowest BCUT2D eigenvalue weighted by Gasteiger charge is -2.37. The van der Waals surface area contributed by atoms with Crippen LogP contribution in [0, 0.1) is 0 Å². The highest BCUT2D eigenvalue weighted by atomic mass is 16.6. The minimum atomic E-state index is -1.16. The van der Waals surface area contributed by atoms with Gasteiger partial charge in [-0.1, -0.05) is 147 Å². The highest BCUT2D eigenvalue weighted by Crippen LogP contribution is 2.53. The molecule has 7 rings (SSSR count). The Kier molecular flexibility index (Phi) is 18.6. The predicted molar refractivity (Wildman–Crippen MR) is 275 cm³/mol. The lowest BCUT2D eigenvalue weighted by Crippen LogP contribution is -2.47. The molecule has 0 unspecified atom stereocenters. The van der Waals surface area contributed by atoms with E-state index >= 15 is 0 Å². The quantitative estimate of drug-likeness (QED) is 0.0185. The van der Waals surface area contributed by atoms with Gasteiger partial charge in [0, 0.05) is 28.7 Å². The summed E-state index contributed by atoms with van der Waals surface area (Å²) in [5.74, 6) is 0.351. The zero-order valence-corrected chi connectivity index (χ0v) is 41.6. The molecule has 0 aromatic heterocycles. The lowest BCUT2D eigenvalue weighted by molar-refractivity contribution is -0.144. The van der Waals surface area contributed by atoms with Crippen molar-refractivity contribution in [3.63, 3.8) is 0 Å². The Morgan fingerprint density at radius 2 is 0.986 bits per heavy atom. The summed E-state index contributed by atoms with van der Waals surface area (Å²) in [7, 11) is 3.02. The summed E-state index contributed by atoms with van der Waals surface area (Å²) in [4.78, 5) is 71.3. The van der Waals surface area contributed by atoms with Crippen molar-refractivity contribution >= 4 is 36.1 Å². The van der Waals surface area contributed by atoms with Crippen molar-refractivity contribution in [1.82, 2.24) is 21.3 Å². The van der Waals surface area contributed by atoms with Crippen molar-refractivity contribution in [1.29, 1.82) is 0 Å². The topological polar surface area (TPSA) is 210 Å². The van der Waals surface area contributed by atoms with E-state index in [4.69, 9.17) is 33.2 Å². The first-order valence-corrected chi connectivity index (χ1v) is 23.9. The minimum Gasteiger partial charge on any atom is -0.496 e. The number of guanidine groups is 1. The van der Waals surface area contributed by atoms with Gasteiger partial charge in [-0.2, -0.15) is 0 Å². The maximum atomic E-state index is 14.3. The van der Waals surface area contributed by atoms with Gasteiger partial charge in [0.2, 0.25) is 11.9 Å². The molecule has 6 aromatic rings. The van der Waals surface area contributed by atoms with Crippen LogP contribution < -0.4 is 35.5 Å². The number of nitrogens with zero attached hydrogens (tertiary/aromatic N) is 1. The molecule has 0 radical (unpaired) electrons. The Morgan fingerprint density at radius 3 is 1.46 bits per heavy atom. The second kappa shape index (κ2) is 26.0. The molecule has 1 atom stereocenters. The standard InChI is InChI=1S/C57H59N5O12/c1-57(2)44-27-29-47(68-3)42(32-49(63)70-34-38-18-9-5-10-19-38)50(44)74-51-43(48(69-4)30-28-45(51)57)33-59-52(64)46(60-54(65)71-35-39-20-11-6-12-21-39)26-17-31-58-53(61-55(66)72-36-40-22-13-7-14-23-40)62-56(67)73-37-41-24-15-8-16-25-41/h5-16,18-25,27-30,46H,17,26,31-37H2,1-4H3,(H,59,64)(H,60,65)(H2,58,61,62,66,67)/t46-/m0/s1. The number of fused-ring (bicyclic) bond motifs is 2. The first-order chi connectivity index (χ1) is 35.9. The molecule has 0 saturated carbocycles. The Bertz CT molecular complexity index is 2840. The third-order valence-electron chi connectivity index (χ3n) is 12.0. The number of carbonyl (C=O) groups excluding carboxylic acids is 5. The van der Waals surface area contributed by atoms with Gasteiger partial charge in [0.25, 0.3) is 0 Å². The molecule has 17 nitrogen and oxygen atoms in total. The fourth-order valence-corrected chi connectivity index (χ4v) is 8.12. The molecular weight excluding hydrogens is 947 g/mol. The fraction of sp³-hybridized carbons (Fsp3) is 0.263. The number of rotatable bonds is 20. The number of benzene rings is 6. The molecule has 1 aliphatic heterocycles. The van der Waals surface area contributed by atoms with Gasteiger partial charge in [-0.05, 0) is 47.2 Å². The molecule has 0 saturated heterocycles. The molecule has 1 heterocycles. The number of ether oxygens (including phenoxy) is 7. The molecule has 384 valence electrons. The van der Waals surface area contributed by atoms with Crippen LogP contribution in [0.4, 0.5) is 14.4 Å². The van der Waals surface area contributed by atoms with E-state index in [0.29, 0.717) is 34.1 Å². The summed E-state index contributed by atoms with van der Waals surface area (Å²) in [6.07, 6.45) is -2.57. The zero-order valence-electron chi connectivity index (χ0n) is 41.6. The van der Waals surface area contributed by atoms with E-state index in [0.717, 1.165) is 33.4 Å². The summed E-state index contributed by atoms with van der Waals surface area (Å²) in [6.45, 7) is 3.88. The molecule has 17 heteroatoms. The van der Waals surface area contributed by atoms with Crippen molar-refractivity contribution in [3.8, 4) is 23.0 Å². The fourth-order valence-electron chi connectivity index (χ4n) is 8.12. The number of hydrogen-bond acceptors (Lipinski definition) is 13. The molecule has 0 bridgehead atoms. The predicted octanol–water partition coefficient (Wildman–Crippen LogP) is 9.32. The average Bonchev–Trinajstić information content (AvgIpc) is 3.42. The van der Waals surface area contributed by atoms with E-state index < -0.39 is 41.6 Å². The van der Waals surface area contributed by atoms with Crippen molar-refractivity contribution in [2.45, 2.75) is 77.5 Å². The van der Waals surface area contributed by atoms with Crippen molar-refractivity contribution in [2.75, 3.05) is 20.8 Å². The maximum Gasteiger partial charge on any atom is 0.414 e.